The van der Waals surface area contributed by atoms with E-state index in [1.54, 1.807) is 37.8 Å². The van der Waals surface area contributed by atoms with Gasteiger partial charge in [0.1, 0.15) is 12.2 Å². The van der Waals surface area contributed by atoms with E-state index in [9.17, 15) is 24.3 Å². The fourth-order valence-corrected chi connectivity index (χ4v) is 5.04. The number of amides is 2. The molecule has 0 spiro atoms. The molecule has 4 atom stereocenters. The molecule has 39 heavy (non-hydrogen) atoms. The van der Waals surface area contributed by atoms with E-state index >= 15 is 0 Å². The van der Waals surface area contributed by atoms with Crippen molar-refractivity contribution in [2.75, 3.05) is 19.8 Å². The molecule has 1 saturated heterocycles. The van der Waals surface area contributed by atoms with Crippen LogP contribution in [-0.2, 0) is 35.1 Å². The Kier molecular flexibility index (Phi) is 11.1. The van der Waals surface area contributed by atoms with Crippen molar-refractivity contribution in [2.45, 2.75) is 83.4 Å². The average Bonchev–Trinajstić information content (AvgIpc) is 3.35. The van der Waals surface area contributed by atoms with Crippen molar-refractivity contribution in [3.63, 3.8) is 0 Å². The van der Waals surface area contributed by atoms with E-state index in [4.69, 9.17) is 9.47 Å². The van der Waals surface area contributed by atoms with Crippen molar-refractivity contribution in [3.05, 3.63) is 48.0 Å². The van der Waals surface area contributed by atoms with Crippen molar-refractivity contribution in [2.24, 2.45) is 11.8 Å². The van der Waals surface area contributed by atoms with Crippen LogP contribution in [0.25, 0.3) is 0 Å². The van der Waals surface area contributed by atoms with Crippen LogP contribution in [0, 0.1) is 11.8 Å². The van der Waals surface area contributed by atoms with E-state index in [1.807, 2.05) is 30.3 Å². The predicted molar refractivity (Wildman–Crippen MR) is 145 cm³/mol. The van der Waals surface area contributed by atoms with Gasteiger partial charge in [0.05, 0.1) is 36.9 Å². The van der Waals surface area contributed by atoms with Gasteiger partial charge in [-0.25, -0.2) is 0 Å². The summed E-state index contributed by atoms with van der Waals surface area (Å²) >= 11 is 0. The number of hydrogen-bond acceptors (Lipinski definition) is 7. The molecule has 2 aliphatic rings. The van der Waals surface area contributed by atoms with Crippen LogP contribution in [0.15, 0.2) is 42.5 Å². The molecule has 2 N–H and O–H groups in total. The Morgan fingerprint density at radius 3 is 2.46 bits per heavy atom. The number of esters is 2. The highest BCUT2D eigenvalue weighted by Crippen LogP contribution is 2.26. The fraction of sp³-hybridized carbons (Fsp3) is 0.600. The summed E-state index contributed by atoms with van der Waals surface area (Å²) in [5.41, 5.74) is 0.342. The molecule has 0 bridgehead atoms. The maximum absolute atomic E-state index is 13.5. The summed E-state index contributed by atoms with van der Waals surface area (Å²) in [7, 11) is 0. The molecule has 1 aromatic rings. The molecule has 1 fully saturated rings. The zero-order valence-electron chi connectivity index (χ0n) is 23.3. The second-order valence-electron chi connectivity index (χ2n) is 11.4. The third-order valence-electron chi connectivity index (χ3n) is 6.94. The number of nitrogens with one attached hydrogen (secondary N) is 1. The molecular weight excluding hydrogens is 500 g/mol. The number of nitrogens with zero attached hydrogens (tertiary/aromatic N) is 1. The summed E-state index contributed by atoms with van der Waals surface area (Å²) in [6, 6.07) is 8.88. The van der Waals surface area contributed by atoms with E-state index in [2.05, 4.69) is 5.32 Å². The van der Waals surface area contributed by atoms with E-state index in [0.717, 1.165) is 12.0 Å². The van der Waals surface area contributed by atoms with Gasteiger partial charge in [0.15, 0.2) is 0 Å². The van der Waals surface area contributed by atoms with Crippen molar-refractivity contribution in [3.8, 4) is 0 Å². The Labute approximate surface area is 230 Å². The first-order chi connectivity index (χ1) is 18.6. The lowest BCUT2D eigenvalue weighted by Gasteiger charge is -2.29. The molecule has 3 rings (SSSR count). The number of allylic oxidation sites excluding steroid dienone is 2. The summed E-state index contributed by atoms with van der Waals surface area (Å²) in [4.78, 5) is 53.4. The molecule has 0 unspecified atom stereocenters. The Morgan fingerprint density at radius 1 is 1.10 bits per heavy atom. The second kappa shape index (κ2) is 14.3. The number of carbonyl (C=O) groups excluding carboxylic acids is 4. The number of benzene rings is 1. The summed E-state index contributed by atoms with van der Waals surface area (Å²) in [5, 5.41) is 12.7. The van der Waals surface area contributed by atoms with Gasteiger partial charge in [-0.1, -0.05) is 42.5 Å². The predicted octanol–water partition coefficient (Wildman–Crippen LogP) is 2.94. The van der Waals surface area contributed by atoms with E-state index in [-0.39, 0.29) is 50.3 Å². The lowest BCUT2D eigenvalue weighted by molar-refractivity contribution is -0.162. The molecule has 9 nitrogen and oxygen atoms in total. The molecule has 2 heterocycles. The maximum atomic E-state index is 13.5. The van der Waals surface area contributed by atoms with Crippen LogP contribution in [-0.4, -0.2) is 71.2 Å². The first-order valence-corrected chi connectivity index (χ1v) is 13.8. The number of hydrogen-bond donors (Lipinski definition) is 2. The van der Waals surface area contributed by atoms with Crippen LogP contribution in [0.4, 0.5) is 0 Å². The minimum atomic E-state index is -0.689. The third-order valence-corrected chi connectivity index (χ3v) is 6.94. The SMILES string of the molecule is CC(C)(C)OC(=O)C[C@@H]1C/C=C\C[C@@H](CC(=O)N[C@H](CO)Cc2ccccc2)C(=O)N2CCC[C@@H]2COC1=O. The summed E-state index contributed by atoms with van der Waals surface area (Å²) < 4.78 is 11.0. The van der Waals surface area contributed by atoms with Gasteiger partial charge in [-0.2, -0.15) is 0 Å². The van der Waals surface area contributed by atoms with Gasteiger partial charge in [0, 0.05) is 13.0 Å². The molecule has 0 saturated carbocycles. The highest BCUT2D eigenvalue weighted by atomic mass is 16.6. The van der Waals surface area contributed by atoms with Gasteiger partial charge in [-0.3, -0.25) is 19.2 Å². The molecule has 2 aliphatic heterocycles. The molecule has 0 aliphatic carbocycles. The third kappa shape index (κ3) is 9.80. The van der Waals surface area contributed by atoms with Crippen molar-refractivity contribution < 1.29 is 33.8 Å². The lowest BCUT2D eigenvalue weighted by atomic mass is 9.95. The summed E-state index contributed by atoms with van der Waals surface area (Å²) in [5.74, 6) is -2.65. The standard InChI is InChI=1S/C30H42N2O7/c1-30(2,3)39-27(35)18-23-13-8-7-12-22(28(36)32-15-9-14-25(32)20-38-29(23)37)17-26(34)31-24(19-33)16-21-10-5-4-6-11-21/h4-8,10-11,22-25,33H,9,12-20H2,1-3H3,(H,31,34)/b8-7-/t22-,23-,24-,25+/m0/s1. The van der Waals surface area contributed by atoms with Gasteiger partial charge < -0.3 is 24.8 Å². The molecular formula is C30H42N2O7. The Hall–Kier alpha value is -3.20. The van der Waals surface area contributed by atoms with Crippen LogP contribution >= 0.6 is 0 Å². The van der Waals surface area contributed by atoms with Crippen LogP contribution in [0.3, 0.4) is 0 Å². The average molecular weight is 543 g/mol. The summed E-state index contributed by atoms with van der Waals surface area (Å²) in [6.45, 7) is 5.71. The van der Waals surface area contributed by atoms with Crippen LogP contribution in [0.1, 0.15) is 64.9 Å². The van der Waals surface area contributed by atoms with Crippen molar-refractivity contribution >= 4 is 23.8 Å². The van der Waals surface area contributed by atoms with E-state index in [1.165, 1.54) is 0 Å². The number of cyclic esters (lactones) is 1. The van der Waals surface area contributed by atoms with Gasteiger partial charge in [-0.05, 0) is 58.4 Å². The normalized spacial score (nSPS) is 24.0. The minimum absolute atomic E-state index is 0.0151. The molecule has 0 aromatic heterocycles. The number of ether oxygens (including phenoxy) is 2. The number of aliphatic hydroxyl groups excluding tert-OH is 1. The van der Waals surface area contributed by atoms with E-state index < -0.39 is 35.4 Å². The largest absolute Gasteiger partial charge is 0.463 e. The van der Waals surface area contributed by atoms with Gasteiger partial charge >= 0.3 is 11.9 Å². The first kappa shape index (κ1) is 30.3. The fourth-order valence-electron chi connectivity index (χ4n) is 5.04. The molecule has 9 heteroatoms. The Bertz CT molecular complexity index is 1020. The molecule has 214 valence electrons. The van der Waals surface area contributed by atoms with Crippen molar-refractivity contribution in [1.29, 1.82) is 0 Å². The lowest BCUT2D eigenvalue weighted by Crippen LogP contribution is -2.45. The number of fused-ring (bicyclic) bond motifs is 1. The number of aliphatic hydroxyl groups is 1. The van der Waals surface area contributed by atoms with Crippen molar-refractivity contribution in [1.82, 2.24) is 10.2 Å². The number of rotatable bonds is 8. The van der Waals surface area contributed by atoms with Gasteiger partial charge in [0.2, 0.25) is 11.8 Å². The first-order valence-electron chi connectivity index (χ1n) is 13.8. The van der Waals surface area contributed by atoms with Gasteiger partial charge in [0.25, 0.3) is 0 Å². The van der Waals surface area contributed by atoms with Crippen LogP contribution in [0.5, 0.6) is 0 Å². The highest BCUT2D eigenvalue weighted by Gasteiger charge is 2.36. The monoisotopic (exact) mass is 542 g/mol. The quantitative estimate of drug-likeness (QED) is 0.383. The number of carbonyl (C=O) groups is 4. The van der Waals surface area contributed by atoms with Crippen LogP contribution < -0.4 is 5.32 Å². The van der Waals surface area contributed by atoms with Crippen LogP contribution in [0.2, 0.25) is 0 Å². The Morgan fingerprint density at radius 2 is 1.79 bits per heavy atom. The highest BCUT2D eigenvalue weighted by molar-refractivity contribution is 5.86. The van der Waals surface area contributed by atoms with Gasteiger partial charge in [-0.15, -0.1) is 0 Å². The minimum Gasteiger partial charge on any atom is -0.463 e. The molecule has 2 amide bonds. The summed E-state index contributed by atoms with van der Waals surface area (Å²) in [6.07, 6.45) is 6.02. The zero-order valence-corrected chi connectivity index (χ0v) is 23.3. The Balaban J connectivity index is 1.69. The maximum Gasteiger partial charge on any atom is 0.309 e. The van der Waals surface area contributed by atoms with E-state index in [0.29, 0.717) is 25.8 Å². The second-order valence-corrected chi connectivity index (χ2v) is 11.4. The molecule has 0 radical (unpaired) electrons. The molecule has 1 aromatic carbocycles. The smallest absolute Gasteiger partial charge is 0.309 e. The topological polar surface area (TPSA) is 122 Å². The zero-order chi connectivity index (χ0) is 28.4.